The highest BCUT2D eigenvalue weighted by Crippen LogP contribution is 2.25. The molecule has 1 aliphatic rings. The lowest BCUT2D eigenvalue weighted by atomic mass is 10.2. The summed E-state index contributed by atoms with van der Waals surface area (Å²) in [5, 5.41) is 6.50. The van der Waals surface area contributed by atoms with Gasteiger partial charge in [0, 0.05) is 11.4 Å². The predicted molar refractivity (Wildman–Crippen MR) is 69.6 cm³/mol. The summed E-state index contributed by atoms with van der Waals surface area (Å²) < 4.78 is 11.0. The zero-order valence-electron chi connectivity index (χ0n) is 10.4. The van der Waals surface area contributed by atoms with Crippen molar-refractivity contribution in [2.24, 2.45) is 0 Å². The first-order valence-corrected chi connectivity index (χ1v) is 7.12. The van der Waals surface area contributed by atoms with Crippen LogP contribution in [0.2, 0.25) is 0 Å². The van der Waals surface area contributed by atoms with Crippen LogP contribution in [0, 0.1) is 0 Å². The largest absolute Gasteiger partial charge is 0.376 e. The van der Waals surface area contributed by atoms with Crippen molar-refractivity contribution in [2.45, 2.75) is 38.8 Å². The van der Waals surface area contributed by atoms with Crippen molar-refractivity contribution in [2.75, 3.05) is 25.1 Å². The molecule has 1 aromatic rings. The summed E-state index contributed by atoms with van der Waals surface area (Å²) in [6, 6.07) is 0.512. The number of hydrogen-bond acceptors (Lipinski definition) is 5. The van der Waals surface area contributed by atoms with E-state index in [1.54, 1.807) is 11.3 Å². The molecule has 96 valence electrons. The molecule has 1 aromatic heterocycles. The van der Waals surface area contributed by atoms with Crippen molar-refractivity contribution < 1.29 is 9.47 Å². The summed E-state index contributed by atoms with van der Waals surface area (Å²) in [6.45, 7) is 6.35. The molecule has 0 saturated carbocycles. The fraction of sp³-hybridized carbons (Fsp3) is 0.750. The van der Waals surface area contributed by atoms with Crippen LogP contribution in [0.5, 0.6) is 0 Å². The van der Waals surface area contributed by atoms with Gasteiger partial charge in [-0.1, -0.05) is 13.8 Å². The van der Waals surface area contributed by atoms with E-state index in [4.69, 9.17) is 9.47 Å². The normalized spacial score (nSPS) is 20.8. The van der Waals surface area contributed by atoms with E-state index in [2.05, 4.69) is 29.5 Å². The van der Waals surface area contributed by atoms with Crippen LogP contribution in [-0.4, -0.2) is 30.8 Å². The minimum Gasteiger partial charge on any atom is -0.376 e. The average molecular weight is 256 g/mol. The molecule has 0 radical (unpaired) electrons. The maximum atomic E-state index is 5.63. The Balaban J connectivity index is 1.94. The van der Waals surface area contributed by atoms with E-state index in [9.17, 15) is 0 Å². The maximum Gasteiger partial charge on any atom is 0.183 e. The van der Waals surface area contributed by atoms with Crippen LogP contribution in [0.15, 0.2) is 5.38 Å². The number of thiazole rings is 1. The van der Waals surface area contributed by atoms with Crippen LogP contribution in [0.4, 0.5) is 5.13 Å². The topological polar surface area (TPSA) is 43.4 Å². The molecule has 1 saturated heterocycles. The van der Waals surface area contributed by atoms with E-state index >= 15 is 0 Å². The van der Waals surface area contributed by atoms with Gasteiger partial charge in [-0.3, -0.25) is 0 Å². The number of nitrogens with zero attached hydrogens (tertiary/aromatic N) is 1. The van der Waals surface area contributed by atoms with Crippen LogP contribution in [0.1, 0.15) is 38.5 Å². The summed E-state index contributed by atoms with van der Waals surface area (Å²) in [6.07, 6.45) is 2.25. The number of anilines is 1. The third-order valence-electron chi connectivity index (χ3n) is 2.98. The second-order valence-corrected chi connectivity index (χ2v) is 5.03. The van der Waals surface area contributed by atoms with E-state index < -0.39 is 0 Å². The van der Waals surface area contributed by atoms with Gasteiger partial charge in [-0.05, 0) is 12.8 Å². The molecule has 1 N–H and O–H groups in total. The summed E-state index contributed by atoms with van der Waals surface area (Å²) in [5.41, 5.74) is 0.989. The van der Waals surface area contributed by atoms with Gasteiger partial charge in [-0.25, -0.2) is 4.98 Å². The molecule has 0 spiro atoms. The van der Waals surface area contributed by atoms with Gasteiger partial charge in [-0.2, -0.15) is 0 Å². The Bertz CT molecular complexity index is 333. The second kappa shape index (κ2) is 6.33. The summed E-state index contributed by atoms with van der Waals surface area (Å²) in [7, 11) is 0. The first kappa shape index (κ1) is 12.8. The zero-order chi connectivity index (χ0) is 12.1. The molecule has 2 rings (SSSR count). The van der Waals surface area contributed by atoms with Crippen molar-refractivity contribution in [3.05, 3.63) is 11.1 Å². The number of nitrogens with one attached hydrogen (secondary N) is 1. The summed E-state index contributed by atoms with van der Waals surface area (Å²) >= 11 is 1.64. The Labute approximate surface area is 106 Å². The molecule has 17 heavy (non-hydrogen) atoms. The van der Waals surface area contributed by atoms with Crippen LogP contribution in [-0.2, 0) is 9.47 Å². The second-order valence-electron chi connectivity index (χ2n) is 4.17. The number of ether oxygens (including phenoxy) is 2. The molecule has 1 atom stereocenters. The highest BCUT2D eigenvalue weighted by molar-refractivity contribution is 7.13. The zero-order valence-corrected chi connectivity index (χ0v) is 11.3. The molecule has 5 heteroatoms. The first-order valence-electron chi connectivity index (χ1n) is 6.24. The number of rotatable bonds is 5. The van der Waals surface area contributed by atoms with Crippen molar-refractivity contribution in [1.29, 1.82) is 0 Å². The molecule has 4 nitrogen and oxygen atoms in total. The van der Waals surface area contributed by atoms with Crippen molar-refractivity contribution >= 4 is 16.5 Å². The Morgan fingerprint density at radius 2 is 2.29 bits per heavy atom. The molecule has 0 aromatic carbocycles. The SMILES string of the molecule is CCC(CC)Nc1nc(C2COCCO2)cs1. The lowest BCUT2D eigenvalue weighted by Crippen LogP contribution is -2.22. The van der Waals surface area contributed by atoms with Gasteiger partial charge in [-0.15, -0.1) is 11.3 Å². The van der Waals surface area contributed by atoms with E-state index in [1.165, 1.54) is 0 Å². The van der Waals surface area contributed by atoms with Gasteiger partial charge in [0.05, 0.1) is 25.5 Å². The lowest BCUT2D eigenvalue weighted by molar-refractivity contribution is -0.0915. The van der Waals surface area contributed by atoms with Gasteiger partial charge >= 0.3 is 0 Å². The maximum absolute atomic E-state index is 5.63. The molecule has 2 heterocycles. The van der Waals surface area contributed by atoms with Gasteiger partial charge in [0.15, 0.2) is 5.13 Å². The molecule has 1 fully saturated rings. The Hall–Kier alpha value is -0.650. The molecule has 1 aliphatic heterocycles. The van der Waals surface area contributed by atoms with E-state index in [0.717, 1.165) is 23.7 Å². The van der Waals surface area contributed by atoms with Crippen LogP contribution < -0.4 is 5.32 Å². The van der Waals surface area contributed by atoms with Crippen LogP contribution >= 0.6 is 11.3 Å². The third kappa shape index (κ3) is 3.40. The Morgan fingerprint density at radius 3 is 2.94 bits per heavy atom. The predicted octanol–water partition coefficient (Wildman–Crippen LogP) is 2.83. The summed E-state index contributed by atoms with van der Waals surface area (Å²) in [5.74, 6) is 0. The quantitative estimate of drug-likeness (QED) is 0.879. The lowest BCUT2D eigenvalue weighted by Gasteiger charge is -2.21. The standard InChI is InChI=1S/C12H20N2O2S/c1-3-9(4-2)13-12-14-10(8-17-12)11-7-15-5-6-16-11/h8-9,11H,3-7H2,1-2H3,(H,13,14). The van der Waals surface area contributed by atoms with Crippen molar-refractivity contribution in [3.63, 3.8) is 0 Å². The molecule has 1 unspecified atom stereocenters. The van der Waals surface area contributed by atoms with Gasteiger partial charge < -0.3 is 14.8 Å². The monoisotopic (exact) mass is 256 g/mol. The van der Waals surface area contributed by atoms with Crippen molar-refractivity contribution in [3.8, 4) is 0 Å². The Morgan fingerprint density at radius 1 is 1.47 bits per heavy atom. The molecular weight excluding hydrogens is 236 g/mol. The van der Waals surface area contributed by atoms with E-state index in [1.807, 2.05) is 0 Å². The average Bonchev–Trinajstić information content (AvgIpc) is 2.85. The molecule has 0 amide bonds. The van der Waals surface area contributed by atoms with E-state index in [0.29, 0.717) is 25.9 Å². The first-order chi connectivity index (χ1) is 8.33. The van der Waals surface area contributed by atoms with Crippen LogP contribution in [0.25, 0.3) is 0 Å². The smallest absolute Gasteiger partial charge is 0.183 e. The fourth-order valence-electron chi connectivity index (χ4n) is 1.83. The highest BCUT2D eigenvalue weighted by atomic mass is 32.1. The minimum atomic E-state index is 0.0113. The van der Waals surface area contributed by atoms with E-state index in [-0.39, 0.29) is 6.10 Å². The van der Waals surface area contributed by atoms with Gasteiger partial charge in [0.2, 0.25) is 0 Å². The van der Waals surface area contributed by atoms with Crippen LogP contribution in [0.3, 0.4) is 0 Å². The molecule has 0 aliphatic carbocycles. The molecular formula is C12H20N2O2S. The fourth-order valence-corrected chi connectivity index (χ4v) is 2.66. The minimum absolute atomic E-state index is 0.0113. The summed E-state index contributed by atoms with van der Waals surface area (Å²) in [4.78, 5) is 4.57. The number of aromatic nitrogens is 1. The third-order valence-corrected chi connectivity index (χ3v) is 3.77. The molecule has 0 bridgehead atoms. The van der Waals surface area contributed by atoms with Crippen molar-refractivity contribution in [1.82, 2.24) is 4.98 Å². The van der Waals surface area contributed by atoms with Gasteiger partial charge in [0.1, 0.15) is 6.10 Å². The van der Waals surface area contributed by atoms with Gasteiger partial charge in [0.25, 0.3) is 0 Å². The number of hydrogen-bond donors (Lipinski definition) is 1. The highest BCUT2D eigenvalue weighted by Gasteiger charge is 2.19. The Kier molecular flexibility index (Phi) is 4.76.